The number of hydrogen-bond donors (Lipinski definition) is 2. The molecule has 0 aliphatic carbocycles. The molecule has 1 aromatic rings. The predicted molar refractivity (Wildman–Crippen MR) is 48.5 cm³/mol. The predicted octanol–water partition coefficient (Wildman–Crippen LogP) is 0.317. The van der Waals surface area contributed by atoms with Crippen molar-refractivity contribution < 1.29 is 10.3 Å². The molecule has 0 fully saturated rings. The van der Waals surface area contributed by atoms with Crippen LogP contribution in [0.2, 0.25) is 0 Å². The van der Waals surface area contributed by atoms with Crippen LogP contribution in [0, 0.1) is 6.92 Å². The van der Waals surface area contributed by atoms with Crippen LogP contribution in [-0.2, 0) is 0 Å². The molecule has 0 spiro atoms. The molecule has 4 heteroatoms. The summed E-state index contributed by atoms with van der Waals surface area (Å²) in [5.41, 5.74) is 1.47. The molecule has 0 unspecified atom stereocenters. The first kappa shape index (κ1) is 9.80. The van der Waals surface area contributed by atoms with E-state index < -0.39 is 0 Å². The number of aryl methyl sites for hydroxylation is 1. The van der Waals surface area contributed by atoms with E-state index in [1.54, 1.807) is 6.07 Å². The van der Waals surface area contributed by atoms with Crippen molar-refractivity contribution in [2.24, 2.45) is 4.99 Å². The van der Waals surface area contributed by atoms with Gasteiger partial charge in [-0.05, 0) is 25.0 Å². The third-order valence-corrected chi connectivity index (χ3v) is 1.72. The zero-order valence-corrected chi connectivity index (χ0v) is 7.64. The lowest BCUT2D eigenvalue weighted by Gasteiger charge is -2.00. The van der Waals surface area contributed by atoms with E-state index in [0.29, 0.717) is 18.5 Å². The lowest BCUT2D eigenvalue weighted by atomic mass is 10.3. The first-order valence-electron chi connectivity index (χ1n) is 4.24. The molecule has 0 aromatic carbocycles. The summed E-state index contributed by atoms with van der Waals surface area (Å²) in [6, 6.07) is 3.63. The van der Waals surface area contributed by atoms with Gasteiger partial charge in [0.25, 0.3) is 0 Å². The second kappa shape index (κ2) is 4.67. The van der Waals surface area contributed by atoms with Gasteiger partial charge in [0.15, 0.2) is 5.49 Å². The monoisotopic (exact) mass is 182 g/mol. The third-order valence-electron chi connectivity index (χ3n) is 1.72. The van der Waals surface area contributed by atoms with Crippen LogP contribution < -0.4 is 5.49 Å². The molecule has 0 saturated heterocycles. The van der Waals surface area contributed by atoms with Crippen molar-refractivity contribution >= 4 is 0 Å². The normalized spacial score (nSPS) is 12.0. The van der Waals surface area contributed by atoms with Crippen LogP contribution in [0.3, 0.4) is 0 Å². The van der Waals surface area contributed by atoms with Crippen molar-refractivity contribution in [3.63, 3.8) is 0 Å². The minimum Gasteiger partial charge on any atom is -0.427 e. The molecule has 4 nitrogen and oxygen atoms in total. The maximum absolute atomic E-state index is 9.35. The minimum absolute atomic E-state index is 0.126. The summed E-state index contributed by atoms with van der Waals surface area (Å²) >= 11 is 0. The summed E-state index contributed by atoms with van der Waals surface area (Å²) in [4.78, 5) is 4.15. The standard InChI is InChI=1S/C9H14N2O2/c1-8-4-2-6-11(13)9(8)10-5-3-7-12/h2,4,6,12-13H,3,5,7H2,1H3. The van der Waals surface area contributed by atoms with Crippen molar-refractivity contribution in [1.29, 1.82) is 0 Å². The smallest absolute Gasteiger partial charge is 0.166 e. The Morgan fingerprint density at radius 2 is 2.31 bits per heavy atom. The number of aromatic nitrogens is 1. The van der Waals surface area contributed by atoms with E-state index in [-0.39, 0.29) is 6.61 Å². The van der Waals surface area contributed by atoms with Gasteiger partial charge in [0.1, 0.15) is 0 Å². The average Bonchev–Trinajstić information content (AvgIpc) is 2.10. The van der Waals surface area contributed by atoms with Gasteiger partial charge in [-0.2, -0.15) is 4.73 Å². The lowest BCUT2D eigenvalue weighted by Crippen LogP contribution is -2.21. The fourth-order valence-corrected chi connectivity index (χ4v) is 1.05. The third kappa shape index (κ3) is 2.59. The highest BCUT2D eigenvalue weighted by molar-refractivity contribution is 5.05. The Labute approximate surface area is 76.8 Å². The van der Waals surface area contributed by atoms with Crippen LogP contribution in [0.1, 0.15) is 12.0 Å². The Morgan fingerprint density at radius 3 is 2.92 bits per heavy atom. The van der Waals surface area contributed by atoms with Gasteiger partial charge in [-0.25, -0.2) is 0 Å². The van der Waals surface area contributed by atoms with E-state index in [0.717, 1.165) is 10.3 Å². The van der Waals surface area contributed by atoms with Crippen LogP contribution >= 0.6 is 0 Å². The van der Waals surface area contributed by atoms with E-state index in [2.05, 4.69) is 4.99 Å². The van der Waals surface area contributed by atoms with Gasteiger partial charge in [0.05, 0.1) is 0 Å². The maximum atomic E-state index is 9.35. The first-order chi connectivity index (χ1) is 6.25. The Bertz CT molecular complexity index is 307. The summed E-state index contributed by atoms with van der Waals surface area (Å²) in [5.74, 6) is 0. The quantitative estimate of drug-likeness (QED) is 0.522. The number of aliphatic hydroxyl groups is 1. The van der Waals surface area contributed by atoms with Crippen LogP contribution in [0.15, 0.2) is 23.3 Å². The fraction of sp³-hybridized carbons (Fsp3) is 0.444. The van der Waals surface area contributed by atoms with Crippen molar-refractivity contribution in [2.75, 3.05) is 13.2 Å². The van der Waals surface area contributed by atoms with Gasteiger partial charge >= 0.3 is 0 Å². The Morgan fingerprint density at radius 1 is 1.54 bits per heavy atom. The van der Waals surface area contributed by atoms with Crippen LogP contribution in [0.4, 0.5) is 0 Å². The second-order valence-electron chi connectivity index (χ2n) is 2.82. The average molecular weight is 182 g/mol. The molecule has 1 heterocycles. The molecule has 13 heavy (non-hydrogen) atoms. The maximum Gasteiger partial charge on any atom is 0.166 e. The summed E-state index contributed by atoms with van der Waals surface area (Å²) in [6.45, 7) is 2.53. The molecule has 1 rings (SSSR count). The van der Waals surface area contributed by atoms with Gasteiger partial charge < -0.3 is 10.3 Å². The van der Waals surface area contributed by atoms with E-state index in [4.69, 9.17) is 5.11 Å². The van der Waals surface area contributed by atoms with Crippen LogP contribution in [-0.4, -0.2) is 28.2 Å². The van der Waals surface area contributed by atoms with Crippen molar-refractivity contribution in [1.82, 2.24) is 4.73 Å². The summed E-state index contributed by atoms with van der Waals surface area (Å²) in [6.07, 6.45) is 2.15. The summed E-state index contributed by atoms with van der Waals surface area (Å²) in [7, 11) is 0. The highest BCUT2D eigenvalue weighted by atomic mass is 16.5. The van der Waals surface area contributed by atoms with Crippen molar-refractivity contribution in [2.45, 2.75) is 13.3 Å². The van der Waals surface area contributed by atoms with E-state index in [1.165, 1.54) is 6.20 Å². The highest BCUT2D eigenvalue weighted by Crippen LogP contribution is 1.87. The van der Waals surface area contributed by atoms with Crippen molar-refractivity contribution in [3.05, 3.63) is 29.4 Å². The Kier molecular flexibility index (Phi) is 3.52. The highest BCUT2D eigenvalue weighted by Gasteiger charge is 1.92. The zero-order chi connectivity index (χ0) is 9.68. The van der Waals surface area contributed by atoms with Gasteiger partial charge in [-0.3, -0.25) is 4.99 Å². The van der Waals surface area contributed by atoms with E-state index in [9.17, 15) is 5.21 Å². The van der Waals surface area contributed by atoms with Gasteiger partial charge in [-0.1, -0.05) is 6.07 Å². The topological polar surface area (TPSA) is 57.8 Å². The Hall–Kier alpha value is -1.29. The minimum atomic E-state index is 0.126. The largest absolute Gasteiger partial charge is 0.427 e. The summed E-state index contributed by atoms with van der Waals surface area (Å²) in [5, 5.41) is 17.9. The molecule has 0 amide bonds. The van der Waals surface area contributed by atoms with Gasteiger partial charge in [-0.15, -0.1) is 0 Å². The molecule has 0 aliphatic heterocycles. The molecular weight excluding hydrogens is 168 g/mol. The molecule has 0 radical (unpaired) electrons. The number of hydrogen-bond acceptors (Lipinski definition) is 3. The molecule has 0 bridgehead atoms. The fourth-order valence-electron chi connectivity index (χ4n) is 1.05. The number of aliphatic hydroxyl groups excluding tert-OH is 1. The SMILES string of the molecule is Cc1cccn(O)c1=NCCCO. The van der Waals surface area contributed by atoms with Gasteiger partial charge in [0, 0.05) is 19.3 Å². The lowest BCUT2D eigenvalue weighted by molar-refractivity contribution is 0.170. The number of rotatable bonds is 3. The number of pyridine rings is 1. The van der Waals surface area contributed by atoms with Gasteiger partial charge in [0.2, 0.25) is 0 Å². The molecule has 1 aromatic heterocycles. The molecule has 2 N–H and O–H groups in total. The van der Waals surface area contributed by atoms with Crippen molar-refractivity contribution in [3.8, 4) is 0 Å². The zero-order valence-electron chi connectivity index (χ0n) is 7.64. The second-order valence-corrected chi connectivity index (χ2v) is 2.82. The summed E-state index contributed by atoms with van der Waals surface area (Å²) < 4.78 is 0.993. The first-order valence-corrected chi connectivity index (χ1v) is 4.24. The number of nitrogens with zero attached hydrogens (tertiary/aromatic N) is 2. The molecule has 0 aliphatic rings. The van der Waals surface area contributed by atoms with Crippen LogP contribution in [0.25, 0.3) is 0 Å². The molecule has 0 atom stereocenters. The Balaban J connectivity index is 2.91. The molecular formula is C9H14N2O2. The molecule has 72 valence electrons. The van der Waals surface area contributed by atoms with E-state index >= 15 is 0 Å². The molecule has 0 saturated carbocycles. The van der Waals surface area contributed by atoms with Crippen LogP contribution in [0.5, 0.6) is 0 Å². The van der Waals surface area contributed by atoms with E-state index in [1.807, 2.05) is 13.0 Å².